The van der Waals surface area contributed by atoms with Crippen LogP contribution >= 0.6 is 0 Å². The average molecular weight is 293 g/mol. The normalized spacial score (nSPS) is 9.33. The fraction of sp³-hybridized carbons (Fsp3) is 0.300. The molecule has 0 aliphatic carbocycles. The van der Waals surface area contributed by atoms with Gasteiger partial charge in [0.1, 0.15) is 0 Å². The monoisotopic (exact) mass is 293 g/mol. The van der Waals surface area contributed by atoms with Crippen molar-refractivity contribution in [2.75, 3.05) is 0 Å². The molecule has 0 unspecified atom stereocenters. The second-order valence-corrected chi connectivity index (χ2v) is 3.61. The SMILES string of the molecule is C=C(C)C(=O)C(O)(C(=O)O)C(=O)C(=C)C.[O]=[Ti][OH]. The molecule has 0 heterocycles. The third-order valence-electron chi connectivity index (χ3n) is 1.74. The van der Waals surface area contributed by atoms with Gasteiger partial charge in [0.05, 0.1) is 0 Å². The van der Waals surface area contributed by atoms with Gasteiger partial charge < -0.3 is 10.2 Å². The molecule has 0 atom stereocenters. The molecule has 0 saturated carbocycles. The number of ketones is 2. The molecule has 0 saturated heterocycles. The van der Waals surface area contributed by atoms with Crippen molar-refractivity contribution in [2.45, 2.75) is 19.4 Å². The van der Waals surface area contributed by atoms with Gasteiger partial charge in [-0.15, -0.1) is 0 Å². The van der Waals surface area contributed by atoms with Crippen LogP contribution in [0.25, 0.3) is 0 Å². The van der Waals surface area contributed by atoms with Crippen LogP contribution in [0.5, 0.6) is 0 Å². The number of rotatable bonds is 5. The van der Waals surface area contributed by atoms with Crippen LogP contribution < -0.4 is 0 Å². The standard InChI is InChI=1S/C10H12O5.H2O.O.Ti/c1-5(2)7(11)10(15,9(13)14)8(12)6(3)4;;;/h15H,1,3H2,2,4H3,(H,13,14);1H2;;/q;;;+1/p-1. The predicted molar refractivity (Wildman–Crippen MR) is 55.1 cm³/mol. The maximum atomic E-state index is 11.4. The topological polar surface area (TPSA) is 129 Å². The van der Waals surface area contributed by atoms with E-state index in [0.717, 1.165) is 0 Å². The Morgan fingerprint density at radius 1 is 1.06 bits per heavy atom. The van der Waals surface area contributed by atoms with Crippen molar-refractivity contribution in [3.63, 3.8) is 0 Å². The number of hydrogen-bond donors (Lipinski definition) is 3. The summed E-state index contributed by atoms with van der Waals surface area (Å²) in [5.41, 5.74) is -3.53. The van der Waals surface area contributed by atoms with Crippen molar-refractivity contribution >= 4 is 17.5 Å². The van der Waals surface area contributed by atoms with Crippen molar-refractivity contribution in [1.82, 2.24) is 0 Å². The van der Waals surface area contributed by atoms with E-state index < -0.39 is 42.6 Å². The van der Waals surface area contributed by atoms with Gasteiger partial charge >= 0.3 is 32.5 Å². The van der Waals surface area contributed by atoms with Gasteiger partial charge in [-0.25, -0.2) is 4.79 Å². The first-order valence-electron chi connectivity index (χ1n) is 4.44. The third-order valence-corrected chi connectivity index (χ3v) is 1.74. The number of carboxylic acid groups (broad SMARTS) is 1. The van der Waals surface area contributed by atoms with E-state index in [1.807, 2.05) is 0 Å². The first kappa shape index (κ1) is 19.1. The molecular weight excluding hydrogens is 280 g/mol. The zero-order valence-electron chi connectivity index (χ0n) is 9.89. The fourth-order valence-electron chi connectivity index (χ4n) is 0.915. The second kappa shape index (κ2) is 7.94. The number of aliphatic carboxylic acids is 1. The van der Waals surface area contributed by atoms with E-state index >= 15 is 0 Å². The van der Waals surface area contributed by atoms with Crippen LogP contribution in [0.4, 0.5) is 0 Å². The zero-order chi connectivity index (χ0) is 15.1. The Bertz CT molecular complexity index is 384. The molecule has 18 heavy (non-hydrogen) atoms. The summed E-state index contributed by atoms with van der Waals surface area (Å²) in [7, 11) is 0. The molecule has 0 amide bonds. The van der Waals surface area contributed by atoms with E-state index in [2.05, 4.69) is 13.2 Å². The quantitative estimate of drug-likeness (QED) is 0.351. The van der Waals surface area contributed by atoms with Crippen molar-refractivity contribution in [2.24, 2.45) is 0 Å². The van der Waals surface area contributed by atoms with E-state index in [1.165, 1.54) is 13.8 Å². The summed E-state index contributed by atoms with van der Waals surface area (Å²) in [5, 5.41) is 18.2. The summed E-state index contributed by atoms with van der Waals surface area (Å²) >= 11 is -1.75. The molecule has 0 spiro atoms. The summed E-state index contributed by atoms with van der Waals surface area (Å²) in [5.74, 6) is -4.39. The van der Waals surface area contributed by atoms with Gasteiger partial charge in [-0.05, 0) is 25.0 Å². The molecule has 7 nitrogen and oxygen atoms in total. The van der Waals surface area contributed by atoms with Gasteiger partial charge in [-0.2, -0.15) is 0 Å². The molecule has 0 aliphatic rings. The summed E-state index contributed by atoms with van der Waals surface area (Å²) in [4.78, 5) is 33.5. The Morgan fingerprint density at radius 3 is 1.39 bits per heavy atom. The van der Waals surface area contributed by atoms with E-state index in [4.69, 9.17) is 12.1 Å². The number of aliphatic hydroxyl groups is 1. The van der Waals surface area contributed by atoms with Crippen molar-refractivity contribution in [1.29, 1.82) is 0 Å². The third kappa shape index (κ3) is 4.54. The Hall–Kier alpha value is -1.28. The average Bonchev–Trinajstić information content (AvgIpc) is 2.26. The number of hydrogen-bond acceptors (Lipinski definition) is 5. The molecule has 8 heteroatoms. The van der Waals surface area contributed by atoms with Crippen LogP contribution in [0.15, 0.2) is 24.3 Å². The first-order valence-corrected chi connectivity index (χ1v) is 5.78. The zero-order valence-corrected chi connectivity index (χ0v) is 11.5. The van der Waals surface area contributed by atoms with Gasteiger partial charge in [-0.3, -0.25) is 9.59 Å². The van der Waals surface area contributed by atoms with Crippen LogP contribution in [0.3, 0.4) is 0 Å². The van der Waals surface area contributed by atoms with Gasteiger partial charge in [0, 0.05) is 0 Å². The fourth-order valence-corrected chi connectivity index (χ4v) is 0.915. The van der Waals surface area contributed by atoms with E-state index in [0.29, 0.717) is 0 Å². The number of carbonyl (C=O) groups excluding carboxylic acids is 2. The minimum absolute atomic E-state index is 0.213. The van der Waals surface area contributed by atoms with Gasteiger partial charge in [0.15, 0.2) is 0 Å². The van der Waals surface area contributed by atoms with E-state index in [1.54, 1.807) is 0 Å². The molecule has 0 radical (unpaired) electrons. The summed E-state index contributed by atoms with van der Waals surface area (Å²) < 4.78 is 15.8. The maximum absolute atomic E-state index is 11.4. The van der Waals surface area contributed by atoms with Crippen LogP contribution in [-0.2, 0) is 37.2 Å². The van der Waals surface area contributed by atoms with Crippen LogP contribution in [-0.4, -0.2) is 37.0 Å². The molecular formula is C10H13O7Ti. The Kier molecular flexibility index (Phi) is 8.41. The molecule has 0 aromatic heterocycles. The number of carbonyl (C=O) groups is 3. The van der Waals surface area contributed by atoms with E-state index in [9.17, 15) is 19.5 Å². The second-order valence-electron chi connectivity index (χ2n) is 3.33. The first-order chi connectivity index (χ1) is 8.07. The molecule has 0 aliphatic heterocycles. The van der Waals surface area contributed by atoms with Crippen LogP contribution in [0.2, 0.25) is 0 Å². The number of Topliss-reactive ketones (excluding diaryl/α,β-unsaturated/α-hetero) is 2. The van der Waals surface area contributed by atoms with Crippen LogP contribution in [0.1, 0.15) is 13.8 Å². The van der Waals surface area contributed by atoms with Crippen LogP contribution in [0, 0.1) is 0 Å². The van der Waals surface area contributed by atoms with Crippen molar-refractivity contribution in [3.8, 4) is 0 Å². The Labute approximate surface area is 113 Å². The molecule has 99 valence electrons. The van der Waals surface area contributed by atoms with Gasteiger partial charge in [0.2, 0.25) is 11.6 Å². The predicted octanol–water partition coefficient (Wildman–Crippen LogP) is -0.586. The van der Waals surface area contributed by atoms with Gasteiger partial charge in [0.25, 0.3) is 5.60 Å². The number of carboxylic acids is 1. The Balaban J connectivity index is 0. The Morgan fingerprint density at radius 2 is 1.28 bits per heavy atom. The van der Waals surface area contributed by atoms with E-state index in [-0.39, 0.29) is 11.1 Å². The summed E-state index contributed by atoms with van der Waals surface area (Å²) in [6.07, 6.45) is 0. The summed E-state index contributed by atoms with van der Waals surface area (Å²) in [6, 6.07) is 0. The minimum atomic E-state index is -3.10. The van der Waals surface area contributed by atoms with Crippen molar-refractivity contribution in [3.05, 3.63) is 24.3 Å². The van der Waals surface area contributed by atoms with Crippen molar-refractivity contribution < 1.29 is 51.1 Å². The molecule has 3 N–H and O–H groups in total. The molecule has 0 aromatic carbocycles. The summed E-state index contributed by atoms with van der Waals surface area (Å²) in [6.45, 7) is 8.80. The molecule has 0 aromatic rings. The molecule has 0 fully saturated rings. The molecule has 0 rings (SSSR count). The molecule has 0 bridgehead atoms. The van der Waals surface area contributed by atoms with Gasteiger partial charge in [-0.1, -0.05) is 13.2 Å².